The second-order valence-corrected chi connectivity index (χ2v) is 6.55. The van der Waals surface area contributed by atoms with Gasteiger partial charge >= 0.3 is 6.03 Å². The molecule has 1 atom stereocenters. The van der Waals surface area contributed by atoms with Crippen molar-refractivity contribution in [1.82, 2.24) is 10.6 Å². The molecule has 1 heterocycles. The standard InChI is InChI=1S/C19H30N4O2/c1-4-14(3)21-18(24)16-13-15(22-19(25)20-5-2)9-10-17(16)23-11-7-6-8-12-23/h9-10,13-14H,4-8,11-12H2,1-3H3,(H,21,24)(H2,20,22,25)/t14-/m1/s1. The number of nitrogens with zero attached hydrogens (tertiary/aromatic N) is 1. The second-order valence-electron chi connectivity index (χ2n) is 6.55. The Balaban J connectivity index is 2.27. The molecule has 3 N–H and O–H groups in total. The van der Waals surface area contributed by atoms with E-state index in [0.717, 1.165) is 38.0 Å². The molecule has 138 valence electrons. The summed E-state index contributed by atoms with van der Waals surface area (Å²) in [6.45, 7) is 8.39. The normalized spacial score (nSPS) is 15.4. The number of nitrogens with one attached hydrogen (secondary N) is 3. The van der Waals surface area contributed by atoms with Crippen LogP contribution in [0.2, 0.25) is 0 Å². The number of urea groups is 1. The van der Waals surface area contributed by atoms with Crippen LogP contribution in [0.3, 0.4) is 0 Å². The molecule has 0 aliphatic carbocycles. The number of carbonyl (C=O) groups excluding carboxylic acids is 2. The fraction of sp³-hybridized carbons (Fsp3) is 0.579. The van der Waals surface area contributed by atoms with E-state index in [2.05, 4.69) is 20.9 Å². The fourth-order valence-corrected chi connectivity index (χ4v) is 2.95. The summed E-state index contributed by atoms with van der Waals surface area (Å²) in [5, 5.41) is 8.53. The van der Waals surface area contributed by atoms with Gasteiger partial charge in [0.1, 0.15) is 0 Å². The SMILES string of the molecule is CCNC(=O)Nc1ccc(N2CCCCC2)c(C(=O)N[C@H](C)CC)c1. The first-order chi connectivity index (χ1) is 12.0. The number of benzene rings is 1. The molecule has 0 radical (unpaired) electrons. The van der Waals surface area contributed by atoms with Crippen LogP contribution in [0, 0.1) is 0 Å². The Kier molecular flexibility index (Phi) is 7.10. The third-order valence-electron chi connectivity index (χ3n) is 4.52. The Morgan fingerprint density at radius 2 is 1.88 bits per heavy atom. The van der Waals surface area contributed by atoms with Gasteiger partial charge in [-0.2, -0.15) is 0 Å². The predicted molar refractivity (Wildman–Crippen MR) is 102 cm³/mol. The first kappa shape index (κ1) is 19.1. The quantitative estimate of drug-likeness (QED) is 0.739. The van der Waals surface area contributed by atoms with Crippen molar-refractivity contribution in [2.75, 3.05) is 29.9 Å². The number of anilines is 2. The summed E-state index contributed by atoms with van der Waals surface area (Å²) in [6.07, 6.45) is 4.40. The van der Waals surface area contributed by atoms with E-state index in [1.54, 1.807) is 6.07 Å². The molecule has 0 spiro atoms. The molecule has 1 aliphatic heterocycles. The predicted octanol–water partition coefficient (Wildman–Crippen LogP) is 3.35. The summed E-state index contributed by atoms with van der Waals surface area (Å²) in [4.78, 5) is 26.8. The summed E-state index contributed by atoms with van der Waals surface area (Å²) in [5.41, 5.74) is 2.19. The molecule has 1 aromatic rings. The number of hydrogen-bond acceptors (Lipinski definition) is 3. The van der Waals surface area contributed by atoms with Crippen LogP contribution in [-0.4, -0.2) is 37.6 Å². The molecule has 1 saturated heterocycles. The van der Waals surface area contributed by atoms with Crippen molar-refractivity contribution in [2.24, 2.45) is 0 Å². The maximum atomic E-state index is 12.8. The molecule has 0 unspecified atom stereocenters. The zero-order chi connectivity index (χ0) is 18.2. The van der Waals surface area contributed by atoms with E-state index in [1.165, 1.54) is 6.42 Å². The average molecular weight is 346 g/mol. The molecular weight excluding hydrogens is 316 g/mol. The van der Waals surface area contributed by atoms with E-state index in [0.29, 0.717) is 17.8 Å². The first-order valence-electron chi connectivity index (χ1n) is 9.29. The highest BCUT2D eigenvalue weighted by atomic mass is 16.2. The lowest BCUT2D eigenvalue weighted by Gasteiger charge is -2.31. The maximum Gasteiger partial charge on any atom is 0.319 e. The number of rotatable bonds is 6. The molecule has 0 saturated carbocycles. The van der Waals surface area contributed by atoms with Crippen LogP contribution in [0.15, 0.2) is 18.2 Å². The van der Waals surface area contributed by atoms with Gasteiger partial charge in [-0.15, -0.1) is 0 Å². The lowest BCUT2D eigenvalue weighted by molar-refractivity contribution is 0.0939. The van der Waals surface area contributed by atoms with Crippen molar-refractivity contribution < 1.29 is 9.59 Å². The van der Waals surface area contributed by atoms with Crippen LogP contribution < -0.4 is 20.9 Å². The van der Waals surface area contributed by atoms with Crippen molar-refractivity contribution in [1.29, 1.82) is 0 Å². The minimum Gasteiger partial charge on any atom is -0.371 e. The fourth-order valence-electron chi connectivity index (χ4n) is 2.95. The third-order valence-corrected chi connectivity index (χ3v) is 4.52. The molecule has 0 aromatic heterocycles. The minimum absolute atomic E-state index is 0.0885. The molecule has 3 amide bonds. The summed E-state index contributed by atoms with van der Waals surface area (Å²) in [6, 6.07) is 5.43. The van der Waals surface area contributed by atoms with Crippen LogP contribution in [0.5, 0.6) is 0 Å². The molecule has 1 aromatic carbocycles. The van der Waals surface area contributed by atoms with Gasteiger partial charge in [-0.05, 0) is 57.7 Å². The number of amides is 3. The summed E-state index contributed by atoms with van der Waals surface area (Å²) >= 11 is 0. The van der Waals surface area contributed by atoms with Gasteiger partial charge in [-0.25, -0.2) is 4.79 Å². The third kappa shape index (κ3) is 5.37. The number of hydrogen-bond donors (Lipinski definition) is 3. The van der Waals surface area contributed by atoms with E-state index in [-0.39, 0.29) is 18.0 Å². The van der Waals surface area contributed by atoms with Crippen LogP contribution >= 0.6 is 0 Å². The van der Waals surface area contributed by atoms with Gasteiger partial charge in [0, 0.05) is 37.1 Å². The zero-order valence-corrected chi connectivity index (χ0v) is 15.5. The minimum atomic E-state index is -0.262. The van der Waals surface area contributed by atoms with Gasteiger partial charge in [0.15, 0.2) is 0 Å². The maximum absolute atomic E-state index is 12.8. The highest BCUT2D eigenvalue weighted by Crippen LogP contribution is 2.27. The zero-order valence-electron chi connectivity index (χ0n) is 15.5. The van der Waals surface area contributed by atoms with E-state index >= 15 is 0 Å². The molecule has 1 aliphatic rings. The Labute approximate surface area is 150 Å². The molecule has 6 nitrogen and oxygen atoms in total. The molecule has 25 heavy (non-hydrogen) atoms. The molecule has 0 bridgehead atoms. The van der Waals surface area contributed by atoms with E-state index in [9.17, 15) is 9.59 Å². The lowest BCUT2D eigenvalue weighted by atomic mass is 10.1. The lowest BCUT2D eigenvalue weighted by Crippen LogP contribution is -2.35. The Morgan fingerprint density at radius 3 is 2.52 bits per heavy atom. The Hall–Kier alpha value is -2.24. The van der Waals surface area contributed by atoms with Crippen molar-refractivity contribution in [2.45, 2.75) is 52.5 Å². The number of carbonyl (C=O) groups is 2. The van der Waals surface area contributed by atoms with Crippen LogP contribution in [-0.2, 0) is 0 Å². The van der Waals surface area contributed by atoms with Crippen LogP contribution in [0.1, 0.15) is 56.8 Å². The monoisotopic (exact) mass is 346 g/mol. The van der Waals surface area contributed by atoms with Crippen molar-refractivity contribution in [3.8, 4) is 0 Å². The molecule has 1 fully saturated rings. The van der Waals surface area contributed by atoms with Gasteiger partial charge in [0.05, 0.1) is 5.56 Å². The van der Waals surface area contributed by atoms with Crippen molar-refractivity contribution in [3.05, 3.63) is 23.8 Å². The summed E-state index contributed by atoms with van der Waals surface area (Å²) < 4.78 is 0. The number of piperidine rings is 1. The van der Waals surface area contributed by atoms with Gasteiger partial charge in [0.25, 0.3) is 5.91 Å². The molecular formula is C19H30N4O2. The van der Waals surface area contributed by atoms with Crippen LogP contribution in [0.4, 0.5) is 16.2 Å². The largest absolute Gasteiger partial charge is 0.371 e. The Bertz CT molecular complexity index is 597. The van der Waals surface area contributed by atoms with E-state index < -0.39 is 0 Å². The van der Waals surface area contributed by atoms with Gasteiger partial charge in [-0.3, -0.25) is 4.79 Å². The first-order valence-corrected chi connectivity index (χ1v) is 9.29. The highest BCUT2D eigenvalue weighted by Gasteiger charge is 2.20. The average Bonchev–Trinajstić information content (AvgIpc) is 2.62. The van der Waals surface area contributed by atoms with Gasteiger partial charge in [-0.1, -0.05) is 6.92 Å². The van der Waals surface area contributed by atoms with Gasteiger partial charge in [0.2, 0.25) is 0 Å². The topological polar surface area (TPSA) is 73.5 Å². The highest BCUT2D eigenvalue weighted by molar-refractivity contribution is 6.02. The van der Waals surface area contributed by atoms with Gasteiger partial charge < -0.3 is 20.9 Å². The van der Waals surface area contributed by atoms with Crippen LogP contribution in [0.25, 0.3) is 0 Å². The second kappa shape index (κ2) is 9.30. The summed E-state index contributed by atoms with van der Waals surface area (Å²) in [5.74, 6) is -0.0885. The molecule has 6 heteroatoms. The molecule has 2 rings (SSSR count). The van der Waals surface area contributed by atoms with E-state index in [1.807, 2.05) is 32.9 Å². The smallest absolute Gasteiger partial charge is 0.319 e. The summed E-state index contributed by atoms with van der Waals surface area (Å²) in [7, 11) is 0. The van der Waals surface area contributed by atoms with E-state index in [4.69, 9.17) is 0 Å². The Morgan fingerprint density at radius 1 is 1.16 bits per heavy atom. The van der Waals surface area contributed by atoms with Crippen molar-refractivity contribution >= 4 is 23.3 Å². The van der Waals surface area contributed by atoms with Crippen molar-refractivity contribution in [3.63, 3.8) is 0 Å².